The van der Waals surface area contributed by atoms with E-state index in [0.717, 1.165) is 12.8 Å². The van der Waals surface area contributed by atoms with E-state index >= 15 is 0 Å². The van der Waals surface area contributed by atoms with Gasteiger partial charge < -0.3 is 9.84 Å². The molecule has 0 aromatic rings. The van der Waals surface area contributed by atoms with Crippen LogP contribution in [0.3, 0.4) is 0 Å². The fourth-order valence-electron chi connectivity index (χ4n) is 2.81. The van der Waals surface area contributed by atoms with Crippen LogP contribution in [0.15, 0.2) is 0 Å². The van der Waals surface area contributed by atoms with Crippen LogP contribution >= 0.6 is 0 Å². The summed E-state index contributed by atoms with van der Waals surface area (Å²) in [6, 6.07) is 0. The maximum Gasteiger partial charge on any atom is 0.0836 e. The molecule has 2 nitrogen and oxygen atoms in total. The molecule has 16 heavy (non-hydrogen) atoms. The molecule has 1 rings (SSSR count). The van der Waals surface area contributed by atoms with E-state index < -0.39 is 0 Å². The predicted molar refractivity (Wildman–Crippen MR) is 67.5 cm³/mol. The molecule has 2 heteroatoms. The van der Waals surface area contributed by atoms with Crippen molar-refractivity contribution >= 4 is 0 Å². The van der Waals surface area contributed by atoms with Gasteiger partial charge in [0.2, 0.25) is 0 Å². The Morgan fingerprint density at radius 2 is 1.75 bits per heavy atom. The molecule has 96 valence electrons. The molecule has 1 aliphatic rings. The van der Waals surface area contributed by atoms with Crippen molar-refractivity contribution in [2.45, 2.75) is 77.4 Å². The molecule has 0 aromatic carbocycles. The van der Waals surface area contributed by atoms with Crippen LogP contribution in [0.1, 0.15) is 65.2 Å². The fourth-order valence-corrected chi connectivity index (χ4v) is 2.81. The Labute approximate surface area is 100 Å². The second-order valence-electron chi connectivity index (χ2n) is 5.02. The Morgan fingerprint density at radius 3 is 2.25 bits per heavy atom. The molecule has 0 bridgehead atoms. The lowest BCUT2D eigenvalue weighted by Crippen LogP contribution is -2.35. The summed E-state index contributed by atoms with van der Waals surface area (Å²) in [6.07, 6.45) is 9.55. The van der Waals surface area contributed by atoms with Crippen LogP contribution in [0.5, 0.6) is 0 Å². The van der Waals surface area contributed by atoms with E-state index in [0.29, 0.717) is 12.5 Å². The number of hydrogen-bond acceptors (Lipinski definition) is 2. The molecule has 0 aliphatic heterocycles. The Kier molecular flexibility index (Phi) is 7.06. The summed E-state index contributed by atoms with van der Waals surface area (Å²) in [5.41, 5.74) is 0. The van der Waals surface area contributed by atoms with Gasteiger partial charge in [-0.05, 0) is 32.1 Å². The largest absolute Gasteiger partial charge is 0.390 e. The highest BCUT2D eigenvalue weighted by Gasteiger charge is 2.27. The highest BCUT2D eigenvalue weighted by Crippen LogP contribution is 2.28. The summed E-state index contributed by atoms with van der Waals surface area (Å²) in [7, 11) is 0. The average Bonchev–Trinajstić information content (AvgIpc) is 2.56. The molecule has 0 radical (unpaired) electrons. The molecule has 2 unspecified atom stereocenters. The minimum absolute atomic E-state index is 0.0677. The number of aliphatic hydroxyl groups excluding tert-OH is 1. The van der Waals surface area contributed by atoms with E-state index in [1.54, 1.807) is 0 Å². The Hall–Kier alpha value is -0.0800. The zero-order valence-corrected chi connectivity index (χ0v) is 11.0. The van der Waals surface area contributed by atoms with Gasteiger partial charge in [0, 0.05) is 6.61 Å². The monoisotopic (exact) mass is 228 g/mol. The van der Waals surface area contributed by atoms with Gasteiger partial charge in [0.15, 0.2) is 0 Å². The van der Waals surface area contributed by atoms with Gasteiger partial charge >= 0.3 is 0 Å². The van der Waals surface area contributed by atoms with Gasteiger partial charge in [0.1, 0.15) is 0 Å². The first kappa shape index (κ1) is 14.0. The van der Waals surface area contributed by atoms with Gasteiger partial charge in [-0.2, -0.15) is 0 Å². The predicted octanol–water partition coefficient (Wildman–Crippen LogP) is 3.52. The maximum absolute atomic E-state index is 10.4. The maximum atomic E-state index is 10.4. The van der Waals surface area contributed by atoms with Crippen molar-refractivity contribution in [2.75, 3.05) is 6.61 Å². The lowest BCUT2D eigenvalue weighted by molar-refractivity contribution is -0.0647. The molecule has 2 atom stereocenters. The third kappa shape index (κ3) is 4.42. The van der Waals surface area contributed by atoms with E-state index in [-0.39, 0.29) is 12.2 Å². The molecule has 0 heterocycles. The second-order valence-corrected chi connectivity index (χ2v) is 5.02. The van der Waals surface area contributed by atoms with Crippen LogP contribution in [0.2, 0.25) is 0 Å². The molecule has 0 aromatic heterocycles. The van der Waals surface area contributed by atoms with Crippen molar-refractivity contribution < 1.29 is 9.84 Å². The Bertz CT molecular complexity index is 154. The van der Waals surface area contributed by atoms with Gasteiger partial charge in [-0.3, -0.25) is 0 Å². The van der Waals surface area contributed by atoms with Crippen molar-refractivity contribution in [1.29, 1.82) is 0 Å². The normalized spacial score (nSPS) is 22.7. The third-order valence-electron chi connectivity index (χ3n) is 3.72. The highest BCUT2D eigenvalue weighted by atomic mass is 16.5. The van der Waals surface area contributed by atoms with E-state index in [2.05, 4.69) is 6.92 Å². The lowest BCUT2D eigenvalue weighted by Gasteiger charge is -2.29. The van der Waals surface area contributed by atoms with Crippen LogP contribution < -0.4 is 0 Å². The summed E-state index contributed by atoms with van der Waals surface area (Å²) in [5.74, 6) is 0.477. The van der Waals surface area contributed by atoms with Crippen LogP contribution in [-0.4, -0.2) is 23.9 Å². The van der Waals surface area contributed by atoms with E-state index in [1.165, 1.54) is 38.5 Å². The minimum Gasteiger partial charge on any atom is -0.390 e. The SMILES string of the molecule is CCCC(OCC)C(O)C1CCCCCC1. The van der Waals surface area contributed by atoms with Crippen molar-refractivity contribution in [3.8, 4) is 0 Å². The van der Waals surface area contributed by atoms with Gasteiger partial charge in [-0.15, -0.1) is 0 Å². The number of hydrogen-bond donors (Lipinski definition) is 1. The minimum atomic E-state index is -0.238. The molecule has 1 fully saturated rings. The fraction of sp³-hybridized carbons (Fsp3) is 1.00. The summed E-state index contributed by atoms with van der Waals surface area (Å²) >= 11 is 0. The van der Waals surface area contributed by atoms with Crippen molar-refractivity contribution in [2.24, 2.45) is 5.92 Å². The third-order valence-corrected chi connectivity index (χ3v) is 3.72. The van der Waals surface area contributed by atoms with E-state index in [4.69, 9.17) is 4.74 Å². The number of aliphatic hydroxyl groups is 1. The summed E-state index contributed by atoms with van der Waals surface area (Å²) in [4.78, 5) is 0. The molecule has 1 N–H and O–H groups in total. The Balaban J connectivity index is 2.46. The van der Waals surface area contributed by atoms with Crippen LogP contribution in [0.4, 0.5) is 0 Å². The zero-order valence-electron chi connectivity index (χ0n) is 11.0. The quantitative estimate of drug-likeness (QED) is 0.705. The molecule has 0 amide bonds. The van der Waals surface area contributed by atoms with Crippen LogP contribution in [0, 0.1) is 5.92 Å². The molecule has 1 aliphatic carbocycles. The topological polar surface area (TPSA) is 29.5 Å². The van der Waals surface area contributed by atoms with Gasteiger partial charge in [0.25, 0.3) is 0 Å². The molecular formula is C14H28O2. The van der Waals surface area contributed by atoms with E-state index in [1.807, 2.05) is 6.92 Å². The van der Waals surface area contributed by atoms with Gasteiger partial charge in [-0.25, -0.2) is 0 Å². The summed E-state index contributed by atoms with van der Waals surface area (Å²) < 4.78 is 5.69. The highest BCUT2D eigenvalue weighted by molar-refractivity contribution is 4.78. The lowest BCUT2D eigenvalue weighted by atomic mass is 9.89. The van der Waals surface area contributed by atoms with Gasteiger partial charge in [0.05, 0.1) is 12.2 Å². The number of rotatable bonds is 6. The van der Waals surface area contributed by atoms with Crippen molar-refractivity contribution in [1.82, 2.24) is 0 Å². The molecule has 0 spiro atoms. The average molecular weight is 228 g/mol. The standard InChI is InChI=1S/C14H28O2/c1-3-9-13(16-4-2)14(15)12-10-7-5-6-8-11-12/h12-15H,3-11H2,1-2H3. The molecule has 0 saturated heterocycles. The summed E-state index contributed by atoms with van der Waals surface area (Å²) in [6.45, 7) is 4.89. The molecular weight excluding hydrogens is 200 g/mol. The number of ether oxygens (including phenoxy) is 1. The van der Waals surface area contributed by atoms with Gasteiger partial charge in [-0.1, -0.05) is 39.0 Å². The van der Waals surface area contributed by atoms with Crippen molar-refractivity contribution in [3.63, 3.8) is 0 Å². The smallest absolute Gasteiger partial charge is 0.0836 e. The first-order valence-corrected chi connectivity index (χ1v) is 7.09. The van der Waals surface area contributed by atoms with E-state index in [9.17, 15) is 5.11 Å². The first-order chi connectivity index (χ1) is 7.79. The van der Waals surface area contributed by atoms with Crippen molar-refractivity contribution in [3.05, 3.63) is 0 Å². The first-order valence-electron chi connectivity index (χ1n) is 7.09. The van der Waals surface area contributed by atoms with Crippen LogP contribution in [0.25, 0.3) is 0 Å². The molecule has 1 saturated carbocycles. The second kappa shape index (κ2) is 8.08. The Morgan fingerprint density at radius 1 is 1.12 bits per heavy atom. The summed E-state index contributed by atoms with van der Waals surface area (Å²) in [5, 5.41) is 10.4. The van der Waals surface area contributed by atoms with Crippen LogP contribution in [-0.2, 0) is 4.74 Å². The zero-order chi connectivity index (χ0) is 11.8.